The molecule has 1 aliphatic heterocycles. The van der Waals surface area contributed by atoms with Crippen LogP contribution in [0.3, 0.4) is 0 Å². The number of aromatic nitrogens is 3. The highest BCUT2D eigenvalue weighted by molar-refractivity contribution is 5.94. The summed E-state index contributed by atoms with van der Waals surface area (Å²) in [4.78, 5) is 28.0. The first kappa shape index (κ1) is 17.9. The van der Waals surface area contributed by atoms with Crippen molar-refractivity contribution in [3.05, 3.63) is 71.7 Å². The molecule has 3 N–H and O–H groups in total. The molecule has 4 heterocycles. The molecule has 0 aromatic carbocycles. The fourth-order valence-corrected chi connectivity index (χ4v) is 3.47. The van der Waals surface area contributed by atoms with E-state index >= 15 is 0 Å². The van der Waals surface area contributed by atoms with Crippen LogP contribution in [0.5, 0.6) is 0 Å². The molecule has 3 aromatic rings. The van der Waals surface area contributed by atoms with E-state index in [2.05, 4.69) is 15.3 Å². The number of pyridine rings is 3. The maximum absolute atomic E-state index is 12.9. The lowest BCUT2D eigenvalue weighted by molar-refractivity contribution is 0.0732. The summed E-state index contributed by atoms with van der Waals surface area (Å²) < 4.78 is 0. The molecule has 4 rings (SSSR count). The van der Waals surface area contributed by atoms with Gasteiger partial charge in [-0.3, -0.25) is 4.79 Å². The van der Waals surface area contributed by atoms with Crippen molar-refractivity contribution in [1.29, 1.82) is 0 Å². The number of nitrogen functional groups attached to an aromatic ring is 1. The van der Waals surface area contributed by atoms with Gasteiger partial charge in [-0.15, -0.1) is 0 Å². The minimum Gasteiger partial charge on any atom is -0.384 e. The number of aryl methyl sites for hydroxylation is 1. The van der Waals surface area contributed by atoms with Crippen molar-refractivity contribution in [2.75, 3.05) is 17.6 Å². The maximum Gasteiger partial charge on any atom is 0.255 e. The number of amides is 1. The lowest BCUT2D eigenvalue weighted by Crippen LogP contribution is -2.31. The Morgan fingerprint density at radius 1 is 1.11 bits per heavy atom. The summed E-state index contributed by atoms with van der Waals surface area (Å²) in [6.45, 7) is 2.65. The van der Waals surface area contributed by atoms with Crippen LogP contribution in [0.2, 0.25) is 0 Å². The Labute approximate surface area is 163 Å². The zero-order valence-electron chi connectivity index (χ0n) is 15.7. The van der Waals surface area contributed by atoms with Crippen LogP contribution in [0, 0.1) is 6.92 Å². The van der Waals surface area contributed by atoms with Crippen molar-refractivity contribution in [3.63, 3.8) is 0 Å². The van der Waals surface area contributed by atoms with Gasteiger partial charge in [-0.1, -0.05) is 12.1 Å². The lowest BCUT2D eigenvalue weighted by atomic mass is 10.1. The number of rotatable bonds is 4. The molecule has 7 heteroatoms. The molecule has 0 spiro atoms. The number of hydrogen-bond acceptors (Lipinski definition) is 6. The number of nitrogens with one attached hydrogen (secondary N) is 1. The van der Waals surface area contributed by atoms with Crippen LogP contribution in [0.15, 0.2) is 54.7 Å². The van der Waals surface area contributed by atoms with Crippen molar-refractivity contribution >= 4 is 23.4 Å². The van der Waals surface area contributed by atoms with Crippen LogP contribution in [-0.4, -0.2) is 32.3 Å². The van der Waals surface area contributed by atoms with E-state index in [1.165, 1.54) is 6.20 Å². The molecule has 0 saturated carbocycles. The second-order valence-corrected chi connectivity index (χ2v) is 6.87. The van der Waals surface area contributed by atoms with E-state index in [0.717, 1.165) is 30.0 Å². The SMILES string of the molecule is Cc1cccc(Nc2cccc([C@H]3CCCN3C(=O)c3ccc(N)nc3)n2)n1. The van der Waals surface area contributed by atoms with E-state index in [1.807, 2.05) is 48.2 Å². The monoisotopic (exact) mass is 374 g/mol. The summed E-state index contributed by atoms with van der Waals surface area (Å²) in [5.41, 5.74) is 7.97. The largest absolute Gasteiger partial charge is 0.384 e. The Morgan fingerprint density at radius 2 is 1.89 bits per heavy atom. The minimum absolute atomic E-state index is 0.0458. The van der Waals surface area contributed by atoms with Crippen molar-refractivity contribution in [2.45, 2.75) is 25.8 Å². The average Bonchev–Trinajstić information content (AvgIpc) is 3.18. The molecule has 7 nitrogen and oxygen atoms in total. The summed E-state index contributed by atoms with van der Waals surface area (Å²) in [7, 11) is 0. The molecule has 0 aliphatic carbocycles. The summed E-state index contributed by atoms with van der Waals surface area (Å²) in [5.74, 6) is 1.82. The number of anilines is 3. The molecule has 1 aliphatic rings. The van der Waals surface area contributed by atoms with Crippen molar-refractivity contribution in [1.82, 2.24) is 19.9 Å². The fourth-order valence-electron chi connectivity index (χ4n) is 3.47. The van der Waals surface area contributed by atoms with E-state index in [4.69, 9.17) is 10.7 Å². The van der Waals surface area contributed by atoms with Gasteiger partial charge < -0.3 is 16.0 Å². The molecule has 1 fully saturated rings. The first-order valence-electron chi connectivity index (χ1n) is 9.30. The highest BCUT2D eigenvalue weighted by atomic mass is 16.2. The predicted octanol–water partition coefficient (Wildman–Crippen LogP) is 3.48. The molecule has 1 atom stereocenters. The maximum atomic E-state index is 12.9. The Kier molecular flexibility index (Phi) is 4.89. The molecule has 1 amide bonds. The Bertz CT molecular complexity index is 988. The zero-order valence-corrected chi connectivity index (χ0v) is 15.7. The molecule has 0 radical (unpaired) electrons. The van der Waals surface area contributed by atoms with E-state index in [1.54, 1.807) is 12.1 Å². The van der Waals surface area contributed by atoms with E-state index in [0.29, 0.717) is 23.7 Å². The third-order valence-electron chi connectivity index (χ3n) is 4.80. The standard InChI is InChI=1S/C21H22N6O/c1-14-5-2-8-19(24-14)26-20-9-3-6-16(25-20)17-7-4-12-27(17)21(28)15-10-11-18(22)23-13-15/h2-3,5-6,8-11,13,17H,4,7,12H2,1H3,(H2,22,23)(H,24,25,26)/t17-/m1/s1. The molecule has 0 bridgehead atoms. The third kappa shape index (κ3) is 3.78. The van der Waals surface area contributed by atoms with Crippen molar-refractivity contribution in [3.8, 4) is 0 Å². The average molecular weight is 374 g/mol. The molecule has 1 saturated heterocycles. The van der Waals surface area contributed by atoms with Gasteiger partial charge in [0.25, 0.3) is 5.91 Å². The summed E-state index contributed by atoms with van der Waals surface area (Å²) in [6.07, 6.45) is 3.35. The van der Waals surface area contributed by atoms with Crippen LogP contribution in [0.4, 0.5) is 17.5 Å². The highest BCUT2D eigenvalue weighted by Crippen LogP contribution is 2.32. The van der Waals surface area contributed by atoms with E-state index in [9.17, 15) is 4.79 Å². The molecule has 142 valence electrons. The summed E-state index contributed by atoms with van der Waals surface area (Å²) >= 11 is 0. The van der Waals surface area contributed by atoms with Gasteiger partial charge in [0.1, 0.15) is 17.5 Å². The Balaban J connectivity index is 1.56. The van der Waals surface area contributed by atoms with Crippen LogP contribution in [0.25, 0.3) is 0 Å². The van der Waals surface area contributed by atoms with Crippen molar-refractivity contribution in [2.24, 2.45) is 0 Å². The van der Waals surface area contributed by atoms with E-state index < -0.39 is 0 Å². The Morgan fingerprint density at radius 3 is 2.64 bits per heavy atom. The first-order chi connectivity index (χ1) is 13.6. The highest BCUT2D eigenvalue weighted by Gasteiger charge is 2.31. The van der Waals surface area contributed by atoms with Crippen LogP contribution < -0.4 is 11.1 Å². The number of nitrogens with zero attached hydrogens (tertiary/aromatic N) is 4. The van der Waals surface area contributed by atoms with Gasteiger partial charge in [0.05, 0.1) is 17.3 Å². The van der Waals surface area contributed by atoms with Gasteiger partial charge in [-0.25, -0.2) is 15.0 Å². The van der Waals surface area contributed by atoms with Crippen LogP contribution in [-0.2, 0) is 0 Å². The van der Waals surface area contributed by atoms with Gasteiger partial charge in [0, 0.05) is 18.4 Å². The third-order valence-corrected chi connectivity index (χ3v) is 4.80. The lowest BCUT2D eigenvalue weighted by Gasteiger charge is -2.24. The van der Waals surface area contributed by atoms with Crippen molar-refractivity contribution < 1.29 is 4.79 Å². The second-order valence-electron chi connectivity index (χ2n) is 6.87. The van der Waals surface area contributed by atoms with Gasteiger partial charge in [0.15, 0.2) is 0 Å². The quantitative estimate of drug-likeness (QED) is 0.726. The zero-order chi connectivity index (χ0) is 19.5. The van der Waals surface area contributed by atoms with Gasteiger partial charge in [0.2, 0.25) is 0 Å². The van der Waals surface area contributed by atoms with Crippen LogP contribution >= 0.6 is 0 Å². The van der Waals surface area contributed by atoms with Crippen LogP contribution in [0.1, 0.15) is 40.6 Å². The number of hydrogen-bond donors (Lipinski definition) is 2. The molecular formula is C21H22N6O. The van der Waals surface area contributed by atoms with Gasteiger partial charge in [-0.2, -0.15) is 0 Å². The molecule has 0 unspecified atom stereocenters. The van der Waals surface area contributed by atoms with Gasteiger partial charge in [-0.05, 0) is 56.2 Å². The summed E-state index contributed by atoms with van der Waals surface area (Å²) in [5, 5.41) is 3.24. The van der Waals surface area contributed by atoms with Gasteiger partial charge >= 0.3 is 0 Å². The molecule has 3 aromatic heterocycles. The normalized spacial score (nSPS) is 16.2. The summed E-state index contributed by atoms with van der Waals surface area (Å²) in [6, 6.07) is 14.9. The fraction of sp³-hybridized carbons (Fsp3) is 0.238. The Hall–Kier alpha value is -3.48. The number of likely N-dealkylation sites (tertiary alicyclic amines) is 1. The topological polar surface area (TPSA) is 97.0 Å². The van der Waals surface area contributed by atoms with E-state index in [-0.39, 0.29) is 11.9 Å². The smallest absolute Gasteiger partial charge is 0.255 e. The number of carbonyl (C=O) groups excluding carboxylic acids is 1. The predicted molar refractivity (Wildman–Crippen MR) is 108 cm³/mol. The minimum atomic E-state index is -0.0581. The first-order valence-corrected chi connectivity index (χ1v) is 9.30. The molecular weight excluding hydrogens is 352 g/mol. The second kappa shape index (κ2) is 7.64. The number of carbonyl (C=O) groups is 1. The number of nitrogens with two attached hydrogens (primary N) is 1. The molecule has 28 heavy (non-hydrogen) atoms.